The molecule has 2 aromatic heterocycles. The topological polar surface area (TPSA) is 104 Å². The molecule has 0 aliphatic rings. The van der Waals surface area contributed by atoms with Gasteiger partial charge in [-0.1, -0.05) is 0 Å². The lowest BCUT2D eigenvalue weighted by atomic mass is 10.1. The number of ether oxygens (including phenoxy) is 3. The zero-order valence-corrected chi connectivity index (χ0v) is 19.0. The Bertz CT molecular complexity index is 1130. The first-order valence-electron chi connectivity index (χ1n) is 9.82. The van der Waals surface area contributed by atoms with Crippen molar-refractivity contribution < 1.29 is 33.0 Å². The van der Waals surface area contributed by atoms with Gasteiger partial charge in [0.15, 0.2) is 5.76 Å². The Kier molecular flexibility index (Phi) is 7.32. The monoisotopic (exact) mass is 457 g/mol. The quantitative estimate of drug-likeness (QED) is 0.487. The molecule has 0 aliphatic heterocycles. The molecule has 9 heteroatoms. The standard InChI is InChI=1S/C23H23NO7S/c1-5-29-23(27)19-13(2)14(3)32-21(19)24-20(25)18-11-10-17(31-18)12-30-16-8-6-15(7-9-16)22(26)28-4/h6-11H,5,12H2,1-4H3,(H,24,25). The maximum atomic E-state index is 12.6. The van der Waals surface area contributed by atoms with Crippen molar-refractivity contribution in [1.82, 2.24) is 0 Å². The van der Waals surface area contributed by atoms with Gasteiger partial charge in [-0.15, -0.1) is 11.3 Å². The number of amides is 1. The highest BCUT2D eigenvalue weighted by molar-refractivity contribution is 7.16. The maximum Gasteiger partial charge on any atom is 0.341 e. The van der Waals surface area contributed by atoms with Crippen LogP contribution in [0.25, 0.3) is 0 Å². The molecular weight excluding hydrogens is 434 g/mol. The number of aryl methyl sites for hydroxylation is 1. The fraction of sp³-hybridized carbons (Fsp3) is 0.261. The molecule has 0 spiro atoms. The number of rotatable bonds is 8. The molecular formula is C23H23NO7S. The van der Waals surface area contributed by atoms with Crippen LogP contribution in [0.15, 0.2) is 40.8 Å². The highest BCUT2D eigenvalue weighted by Crippen LogP contribution is 2.33. The first-order valence-corrected chi connectivity index (χ1v) is 10.6. The zero-order valence-electron chi connectivity index (χ0n) is 18.1. The number of carbonyl (C=O) groups is 3. The summed E-state index contributed by atoms with van der Waals surface area (Å²) in [4.78, 5) is 37.3. The molecule has 1 amide bonds. The molecule has 0 atom stereocenters. The Morgan fingerprint density at radius 2 is 1.75 bits per heavy atom. The van der Waals surface area contributed by atoms with E-state index in [4.69, 9.17) is 13.9 Å². The Balaban J connectivity index is 1.65. The normalized spacial score (nSPS) is 10.5. The molecule has 168 valence electrons. The van der Waals surface area contributed by atoms with Gasteiger partial charge in [0, 0.05) is 4.88 Å². The number of esters is 2. The Hall–Kier alpha value is -3.59. The highest BCUT2D eigenvalue weighted by Gasteiger charge is 2.23. The van der Waals surface area contributed by atoms with E-state index in [-0.39, 0.29) is 19.0 Å². The number of thiophene rings is 1. The fourth-order valence-electron chi connectivity index (χ4n) is 2.87. The second kappa shape index (κ2) is 10.1. The lowest BCUT2D eigenvalue weighted by molar-refractivity contribution is 0.0526. The molecule has 3 aromatic rings. The van der Waals surface area contributed by atoms with Crippen molar-refractivity contribution in [2.24, 2.45) is 0 Å². The molecule has 8 nitrogen and oxygen atoms in total. The van der Waals surface area contributed by atoms with E-state index in [1.165, 1.54) is 24.5 Å². The van der Waals surface area contributed by atoms with Crippen LogP contribution in [-0.2, 0) is 16.1 Å². The summed E-state index contributed by atoms with van der Waals surface area (Å²) in [5.74, 6) is -0.328. The van der Waals surface area contributed by atoms with Gasteiger partial charge in [0.2, 0.25) is 0 Å². The van der Waals surface area contributed by atoms with E-state index in [1.54, 1.807) is 37.3 Å². The third kappa shape index (κ3) is 5.17. The smallest absolute Gasteiger partial charge is 0.341 e. The van der Waals surface area contributed by atoms with Crippen LogP contribution < -0.4 is 10.1 Å². The summed E-state index contributed by atoms with van der Waals surface area (Å²) >= 11 is 1.31. The molecule has 3 rings (SSSR count). The minimum Gasteiger partial charge on any atom is -0.486 e. The average molecular weight is 458 g/mol. The molecule has 32 heavy (non-hydrogen) atoms. The number of furan rings is 1. The van der Waals surface area contributed by atoms with E-state index in [0.717, 1.165) is 10.4 Å². The van der Waals surface area contributed by atoms with Gasteiger partial charge in [-0.25, -0.2) is 9.59 Å². The van der Waals surface area contributed by atoms with Crippen molar-refractivity contribution in [3.05, 3.63) is 69.5 Å². The van der Waals surface area contributed by atoms with Gasteiger partial charge >= 0.3 is 11.9 Å². The summed E-state index contributed by atoms with van der Waals surface area (Å²) in [6.07, 6.45) is 0. The predicted molar refractivity (Wildman–Crippen MR) is 119 cm³/mol. The van der Waals surface area contributed by atoms with Gasteiger partial charge < -0.3 is 23.9 Å². The average Bonchev–Trinajstić information content (AvgIpc) is 3.37. The van der Waals surface area contributed by atoms with Crippen molar-refractivity contribution in [2.75, 3.05) is 19.0 Å². The fourth-order valence-corrected chi connectivity index (χ4v) is 3.91. The largest absolute Gasteiger partial charge is 0.486 e. The second-order valence-corrected chi connectivity index (χ2v) is 7.96. The van der Waals surface area contributed by atoms with E-state index in [0.29, 0.717) is 27.6 Å². The number of carbonyl (C=O) groups excluding carboxylic acids is 3. The van der Waals surface area contributed by atoms with Gasteiger partial charge in [-0.3, -0.25) is 4.79 Å². The van der Waals surface area contributed by atoms with Crippen molar-refractivity contribution in [2.45, 2.75) is 27.4 Å². The second-order valence-electron chi connectivity index (χ2n) is 6.73. The van der Waals surface area contributed by atoms with Crippen molar-refractivity contribution >= 4 is 34.2 Å². The number of methoxy groups -OCH3 is 1. The number of benzene rings is 1. The molecule has 1 N–H and O–H groups in total. The molecule has 0 saturated carbocycles. The summed E-state index contributed by atoms with van der Waals surface area (Å²) < 4.78 is 21.0. The van der Waals surface area contributed by atoms with Gasteiger partial charge in [0.1, 0.15) is 23.1 Å². The predicted octanol–water partition coefficient (Wildman–Crippen LogP) is 4.75. The van der Waals surface area contributed by atoms with E-state index < -0.39 is 17.8 Å². The minimum atomic E-state index is -0.481. The first-order chi connectivity index (χ1) is 15.3. The Morgan fingerprint density at radius 3 is 2.41 bits per heavy atom. The van der Waals surface area contributed by atoms with Crippen LogP contribution in [0.1, 0.15) is 54.4 Å². The van der Waals surface area contributed by atoms with Gasteiger partial charge in [-0.05, 0) is 62.7 Å². The third-order valence-electron chi connectivity index (χ3n) is 4.63. The number of anilines is 1. The van der Waals surface area contributed by atoms with Crippen molar-refractivity contribution in [3.63, 3.8) is 0 Å². The maximum absolute atomic E-state index is 12.6. The minimum absolute atomic E-state index is 0.0863. The van der Waals surface area contributed by atoms with Crippen LogP contribution in [0.5, 0.6) is 5.75 Å². The highest BCUT2D eigenvalue weighted by atomic mass is 32.1. The lowest BCUT2D eigenvalue weighted by Crippen LogP contribution is -2.14. The number of hydrogen-bond acceptors (Lipinski definition) is 8. The molecule has 0 bridgehead atoms. The van der Waals surface area contributed by atoms with E-state index in [9.17, 15) is 14.4 Å². The van der Waals surface area contributed by atoms with Crippen molar-refractivity contribution in [1.29, 1.82) is 0 Å². The first kappa shape index (κ1) is 23.1. The van der Waals surface area contributed by atoms with E-state index >= 15 is 0 Å². The van der Waals surface area contributed by atoms with Crippen LogP contribution >= 0.6 is 11.3 Å². The van der Waals surface area contributed by atoms with Crippen LogP contribution in [0, 0.1) is 13.8 Å². The van der Waals surface area contributed by atoms with Crippen LogP contribution in [0.3, 0.4) is 0 Å². The Morgan fingerprint density at radius 1 is 1.03 bits per heavy atom. The summed E-state index contributed by atoms with van der Waals surface area (Å²) in [7, 11) is 1.32. The molecule has 0 unspecified atom stereocenters. The lowest BCUT2D eigenvalue weighted by Gasteiger charge is -2.06. The van der Waals surface area contributed by atoms with E-state index in [2.05, 4.69) is 10.1 Å². The molecule has 0 fully saturated rings. The zero-order chi connectivity index (χ0) is 23.3. The summed E-state index contributed by atoms with van der Waals surface area (Å²) in [5, 5.41) is 3.16. The Labute approximate surface area is 189 Å². The molecule has 2 heterocycles. The van der Waals surface area contributed by atoms with Gasteiger partial charge in [0.05, 0.1) is 24.8 Å². The molecule has 0 aliphatic carbocycles. The molecule has 1 aromatic carbocycles. The number of nitrogens with one attached hydrogen (secondary N) is 1. The summed E-state index contributed by atoms with van der Waals surface area (Å²) in [6, 6.07) is 9.63. The summed E-state index contributed by atoms with van der Waals surface area (Å²) in [5.41, 5.74) is 1.54. The molecule has 0 saturated heterocycles. The van der Waals surface area contributed by atoms with Crippen LogP contribution in [-0.4, -0.2) is 31.6 Å². The van der Waals surface area contributed by atoms with Gasteiger partial charge in [-0.2, -0.15) is 0 Å². The number of hydrogen-bond donors (Lipinski definition) is 1. The third-order valence-corrected chi connectivity index (χ3v) is 5.76. The van der Waals surface area contributed by atoms with Crippen LogP contribution in [0.2, 0.25) is 0 Å². The SMILES string of the molecule is CCOC(=O)c1c(NC(=O)c2ccc(COc3ccc(C(=O)OC)cc3)o2)sc(C)c1C. The van der Waals surface area contributed by atoms with Gasteiger partial charge in [0.25, 0.3) is 5.91 Å². The van der Waals surface area contributed by atoms with Crippen molar-refractivity contribution in [3.8, 4) is 5.75 Å². The van der Waals surface area contributed by atoms with E-state index in [1.807, 2.05) is 13.8 Å². The summed E-state index contributed by atoms with van der Waals surface area (Å²) in [6.45, 7) is 5.75. The van der Waals surface area contributed by atoms with Crippen LogP contribution in [0.4, 0.5) is 5.00 Å². The molecule has 0 radical (unpaired) electrons.